The summed E-state index contributed by atoms with van der Waals surface area (Å²) in [5, 5.41) is 16.8. The van der Waals surface area contributed by atoms with E-state index in [1.807, 2.05) is 18.5 Å². The summed E-state index contributed by atoms with van der Waals surface area (Å²) in [6, 6.07) is 4.09. The molecule has 1 saturated carbocycles. The maximum atomic E-state index is 12.4. The van der Waals surface area contributed by atoms with Gasteiger partial charge >= 0.3 is 0 Å². The zero-order valence-electron chi connectivity index (χ0n) is 18.1. The van der Waals surface area contributed by atoms with Crippen LogP contribution >= 0.6 is 11.8 Å². The van der Waals surface area contributed by atoms with Crippen LogP contribution in [0.2, 0.25) is 0 Å². The molecule has 2 saturated heterocycles. The lowest BCUT2D eigenvalue weighted by molar-refractivity contribution is -0.0678. The third-order valence-electron chi connectivity index (χ3n) is 6.81. The molecule has 2 bridgehead atoms. The number of hydrogen-bond donors (Lipinski definition) is 1. The Morgan fingerprint density at radius 3 is 2.48 bits per heavy atom. The zero-order valence-corrected chi connectivity index (χ0v) is 18.9. The maximum Gasteiger partial charge on any atom is 0.266 e. The summed E-state index contributed by atoms with van der Waals surface area (Å²) in [5.41, 5.74) is 1.12. The average Bonchev–Trinajstić information content (AvgIpc) is 3.57. The summed E-state index contributed by atoms with van der Waals surface area (Å²) in [6.07, 6.45) is 10.8. The van der Waals surface area contributed by atoms with E-state index in [2.05, 4.69) is 26.9 Å². The number of aliphatic hydroxyl groups is 1. The Labute approximate surface area is 187 Å². The fraction of sp³-hybridized carbons (Fsp3) is 0.652. The van der Waals surface area contributed by atoms with E-state index in [4.69, 9.17) is 0 Å². The predicted molar refractivity (Wildman–Crippen MR) is 120 cm³/mol. The minimum Gasteiger partial charge on any atom is -0.388 e. The quantitative estimate of drug-likeness (QED) is 0.498. The van der Waals surface area contributed by atoms with E-state index >= 15 is 0 Å². The van der Waals surface area contributed by atoms with E-state index in [0.717, 1.165) is 60.8 Å². The molecule has 5 rings (SSSR count). The molecule has 1 aliphatic carbocycles. The monoisotopic (exact) mass is 441 g/mol. The van der Waals surface area contributed by atoms with Gasteiger partial charge in [0, 0.05) is 54.3 Å². The Morgan fingerprint density at radius 2 is 1.84 bits per heavy atom. The van der Waals surface area contributed by atoms with Crippen LogP contribution in [0.5, 0.6) is 0 Å². The third kappa shape index (κ3) is 4.71. The summed E-state index contributed by atoms with van der Waals surface area (Å²) in [7, 11) is 0. The molecule has 2 aliphatic heterocycles. The highest BCUT2D eigenvalue weighted by molar-refractivity contribution is 7.99. The van der Waals surface area contributed by atoms with E-state index in [1.54, 1.807) is 17.8 Å². The first-order valence-electron chi connectivity index (χ1n) is 11.5. The number of piperidine rings is 1. The van der Waals surface area contributed by atoms with Crippen LogP contribution in [0.15, 0.2) is 34.5 Å². The molecule has 2 unspecified atom stereocenters. The van der Waals surface area contributed by atoms with E-state index < -0.39 is 5.60 Å². The molecule has 2 atom stereocenters. The summed E-state index contributed by atoms with van der Waals surface area (Å²) >= 11 is 1.69. The molecule has 3 aliphatic rings. The number of nitrogens with zero attached hydrogens (tertiary/aromatic N) is 5. The van der Waals surface area contributed by atoms with Crippen LogP contribution in [0.4, 0.5) is 0 Å². The normalized spacial score (nSPS) is 28.2. The van der Waals surface area contributed by atoms with Crippen molar-refractivity contribution < 1.29 is 5.11 Å². The molecule has 0 aromatic carbocycles. The summed E-state index contributed by atoms with van der Waals surface area (Å²) in [4.78, 5) is 23.9. The molecule has 4 heterocycles. The van der Waals surface area contributed by atoms with Gasteiger partial charge in [-0.05, 0) is 51.0 Å². The van der Waals surface area contributed by atoms with Crippen LogP contribution in [0.25, 0.3) is 0 Å². The Morgan fingerprint density at radius 1 is 1.13 bits per heavy atom. The molecule has 2 aromatic heterocycles. The van der Waals surface area contributed by atoms with Gasteiger partial charge in [-0.15, -0.1) is 0 Å². The van der Waals surface area contributed by atoms with E-state index in [9.17, 15) is 9.90 Å². The van der Waals surface area contributed by atoms with Crippen LogP contribution in [-0.4, -0.2) is 53.2 Å². The lowest BCUT2D eigenvalue weighted by Crippen LogP contribution is -2.53. The fourth-order valence-electron chi connectivity index (χ4n) is 5.16. The van der Waals surface area contributed by atoms with Gasteiger partial charge in [0.2, 0.25) is 0 Å². The first kappa shape index (κ1) is 21.1. The van der Waals surface area contributed by atoms with Crippen molar-refractivity contribution in [3.8, 4) is 0 Å². The maximum absolute atomic E-state index is 12.4. The molecule has 7 nitrogen and oxygen atoms in total. The molecule has 1 N–H and O–H groups in total. The Balaban J connectivity index is 1.25. The summed E-state index contributed by atoms with van der Waals surface area (Å²) in [5.74, 6) is 1.53. The lowest BCUT2D eigenvalue weighted by atomic mass is 9.85. The van der Waals surface area contributed by atoms with Gasteiger partial charge in [-0.2, -0.15) is 5.10 Å². The standard InChI is InChI=1S/C23H31N5O2S/c1-2-9-31-22-24-12-16(13-25-22)14-27-18-5-6-19(27)11-23(30,10-18)15-28-21(29)8-7-20(26-28)17-3-4-17/h7-8,12-13,17-19,30H,2-6,9-11,14-15H2,1H3. The van der Waals surface area contributed by atoms with Crippen LogP contribution < -0.4 is 5.56 Å². The van der Waals surface area contributed by atoms with Crippen molar-refractivity contribution in [1.29, 1.82) is 0 Å². The van der Waals surface area contributed by atoms with Gasteiger partial charge < -0.3 is 5.11 Å². The van der Waals surface area contributed by atoms with Gasteiger partial charge in [-0.1, -0.05) is 18.7 Å². The zero-order chi connectivity index (χ0) is 21.4. The first-order chi connectivity index (χ1) is 15.0. The molecule has 8 heteroatoms. The molecule has 2 aromatic rings. The van der Waals surface area contributed by atoms with Gasteiger partial charge in [-0.3, -0.25) is 9.69 Å². The number of aromatic nitrogens is 4. The van der Waals surface area contributed by atoms with E-state index in [0.29, 0.717) is 37.4 Å². The SMILES string of the molecule is CCCSc1ncc(CN2C3CCC2CC(O)(Cn2nc(C4CC4)ccc2=O)C3)cn1. The number of hydrogen-bond acceptors (Lipinski definition) is 7. The lowest BCUT2D eigenvalue weighted by Gasteiger charge is -2.43. The van der Waals surface area contributed by atoms with Crippen LogP contribution in [-0.2, 0) is 13.1 Å². The summed E-state index contributed by atoms with van der Waals surface area (Å²) < 4.78 is 1.50. The summed E-state index contributed by atoms with van der Waals surface area (Å²) in [6.45, 7) is 3.27. The fourth-order valence-corrected chi connectivity index (χ4v) is 5.80. The molecule has 0 radical (unpaired) electrons. The largest absolute Gasteiger partial charge is 0.388 e. The molecule has 31 heavy (non-hydrogen) atoms. The smallest absolute Gasteiger partial charge is 0.266 e. The topological polar surface area (TPSA) is 84.1 Å². The van der Waals surface area contributed by atoms with Gasteiger partial charge in [0.05, 0.1) is 17.8 Å². The number of rotatable bonds is 8. The van der Waals surface area contributed by atoms with Crippen molar-refractivity contribution >= 4 is 11.8 Å². The molecule has 166 valence electrons. The van der Waals surface area contributed by atoms with E-state index in [-0.39, 0.29) is 5.56 Å². The van der Waals surface area contributed by atoms with Crippen molar-refractivity contribution in [2.24, 2.45) is 0 Å². The van der Waals surface area contributed by atoms with Crippen LogP contribution in [0.3, 0.4) is 0 Å². The van der Waals surface area contributed by atoms with Gasteiger partial charge in [0.15, 0.2) is 5.16 Å². The van der Waals surface area contributed by atoms with Crippen molar-refractivity contribution in [3.05, 3.63) is 46.1 Å². The van der Waals surface area contributed by atoms with Crippen LogP contribution in [0.1, 0.15) is 69.0 Å². The highest BCUT2D eigenvalue weighted by atomic mass is 32.2. The molecular formula is C23H31N5O2S. The van der Waals surface area contributed by atoms with Gasteiger partial charge in [-0.25, -0.2) is 14.6 Å². The highest BCUT2D eigenvalue weighted by Gasteiger charge is 2.47. The third-order valence-corrected chi connectivity index (χ3v) is 7.89. The Kier molecular flexibility index (Phi) is 5.88. The van der Waals surface area contributed by atoms with Crippen LogP contribution in [0, 0.1) is 0 Å². The molecule has 0 amide bonds. The minimum atomic E-state index is -0.877. The average molecular weight is 442 g/mol. The number of thioether (sulfide) groups is 1. The van der Waals surface area contributed by atoms with Gasteiger partial charge in [0.25, 0.3) is 5.56 Å². The number of fused-ring (bicyclic) bond motifs is 2. The second-order valence-electron chi connectivity index (χ2n) is 9.44. The van der Waals surface area contributed by atoms with Crippen molar-refractivity contribution in [2.75, 3.05) is 5.75 Å². The second-order valence-corrected chi connectivity index (χ2v) is 10.5. The predicted octanol–water partition coefficient (Wildman–Crippen LogP) is 2.97. The highest BCUT2D eigenvalue weighted by Crippen LogP contribution is 2.42. The van der Waals surface area contributed by atoms with Gasteiger partial charge in [0.1, 0.15) is 0 Å². The van der Waals surface area contributed by atoms with Crippen molar-refractivity contribution in [3.63, 3.8) is 0 Å². The molecule has 0 spiro atoms. The first-order valence-corrected chi connectivity index (χ1v) is 12.5. The Hall–Kier alpha value is -1.77. The molecular weight excluding hydrogens is 410 g/mol. The molecule has 3 fully saturated rings. The van der Waals surface area contributed by atoms with Crippen molar-refractivity contribution in [2.45, 2.75) is 93.7 Å². The second kappa shape index (κ2) is 8.64. The van der Waals surface area contributed by atoms with E-state index in [1.165, 1.54) is 4.68 Å². The minimum absolute atomic E-state index is 0.120. The van der Waals surface area contributed by atoms with Crippen molar-refractivity contribution in [1.82, 2.24) is 24.6 Å². The Bertz CT molecular complexity index is 961.